The number of nitrogens with zero attached hydrogens (tertiary/aromatic N) is 1. The Morgan fingerprint density at radius 1 is 1.50 bits per heavy atom. The third kappa shape index (κ3) is 2.36. The van der Waals surface area contributed by atoms with Crippen molar-refractivity contribution in [2.45, 2.75) is 58.7 Å². The molecule has 1 fully saturated rings. The van der Waals surface area contributed by atoms with Crippen LogP contribution in [0.1, 0.15) is 45.4 Å². The zero-order valence-corrected chi connectivity index (χ0v) is 12.9. The Morgan fingerprint density at radius 2 is 2.17 bits per heavy atom. The lowest BCUT2D eigenvalue weighted by atomic mass is 9.81. The number of nitrogens with two attached hydrogens (primary N) is 1. The molecular weight excluding hydrogens is 240 g/mol. The Morgan fingerprint density at radius 3 is 2.56 bits per heavy atom. The van der Waals surface area contributed by atoms with Crippen LogP contribution in [0, 0.1) is 5.41 Å². The number of thiophene rings is 1. The third-order valence-corrected chi connectivity index (χ3v) is 5.72. The first-order valence-electron chi connectivity index (χ1n) is 6.92. The van der Waals surface area contributed by atoms with Gasteiger partial charge in [-0.1, -0.05) is 13.0 Å². The van der Waals surface area contributed by atoms with E-state index in [0.29, 0.717) is 11.5 Å². The quantitative estimate of drug-likeness (QED) is 0.854. The molecule has 3 heteroatoms. The van der Waals surface area contributed by atoms with E-state index in [1.165, 1.54) is 17.7 Å². The van der Waals surface area contributed by atoms with Crippen LogP contribution >= 0.6 is 11.3 Å². The van der Waals surface area contributed by atoms with Gasteiger partial charge in [0.1, 0.15) is 0 Å². The normalized spacial score (nSPS) is 21.3. The summed E-state index contributed by atoms with van der Waals surface area (Å²) < 4.78 is 0. The van der Waals surface area contributed by atoms with Gasteiger partial charge in [0.2, 0.25) is 0 Å². The van der Waals surface area contributed by atoms with E-state index in [9.17, 15) is 0 Å². The summed E-state index contributed by atoms with van der Waals surface area (Å²) in [4.78, 5) is 4.04. The molecule has 0 amide bonds. The first-order chi connectivity index (χ1) is 8.43. The molecule has 1 aliphatic carbocycles. The molecule has 2 nitrogen and oxygen atoms in total. The van der Waals surface area contributed by atoms with Crippen LogP contribution in [-0.2, 0) is 6.54 Å². The molecule has 18 heavy (non-hydrogen) atoms. The maximum Gasteiger partial charge on any atom is 0.0363 e. The molecule has 1 atom stereocenters. The zero-order valence-electron chi connectivity index (χ0n) is 12.1. The standard InChI is InChI=1S/C15H26N2S/c1-12(2)17(10-13-6-5-9-18-13)15(4,11-16)14(3)7-8-14/h5-6,9,12H,7-8,10-11,16H2,1-4H3. The number of rotatable bonds is 6. The molecule has 0 radical (unpaired) electrons. The predicted octanol–water partition coefficient (Wildman–Crippen LogP) is 3.48. The molecule has 102 valence electrons. The highest BCUT2D eigenvalue weighted by Gasteiger charge is 2.55. The molecule has 1 saturated carbocycles. The molecule has 1 heterocycles. The molecule has 1 aromatic heterocycles. The van der Waals surface area contributed by atoms with Crippen molar-refractivity contribution in [2.75, 3.05) is 6.54 Å². The van der Waals surface area contributed by atoms with Crippen molar-refractivity contribution in [1.82, 2.24) is 4.90 Å². The summed E-state index contributed by atoms with van der Waals surface area (Å²) in [5.74, 6) is 0. The fourth-order valence-electron chi connectivity index (χ4n) is 2.93. The van der Waals surface area contributed by atoms with Gasteiger partial charge in [-0.15, -0.1) is 11.3 Å². The fraction of sp³-hybridized carbons (Fsp3) is 0.733. The van der Waals surface area contributed by atoms with Gasteiger partial charge in [-0.3, -0.25) is 4.90 Å². The van der Waals surface area contributed by atoms with Gasteiger partial charge in [0.05, 0.1) is 0 Å². The Labute approximate surface area is 115 Å². The summed E-state index contributed by atoms with van der Waals surface area (Å²) in [5, 5.41) is 2.16. The lowest BCUT2D eigenvalue weighted by molar-refractivity contribution is 0.0143. The maximum absolute atomic E-state index is 6.16. The molecular formula is C15H26N2S. The largest absolute Gasteiger partial charge is 0.329 e. The van der Waals surface area contributed by atoms with E-state index >= 15 is 0 Å². The minimum atomic E-state index is 0.116. The Kier molecular flexibility index (Phi) is 3.86. The second kappa shape index (κ2) is 4.95. The average molecular weight is 266 g/mol. The summed E-state index contributed by atoms with van der Waals surface area (Å²) >= 11 is 1.84. The highest BCUT2D eigenvalue weighted by Crippen LogP contribution is 2.56. The summed E-state index contributed by atoms with van der Waals surface area (Å²) in [6.45, 7) is 11.1. The van der Waals surface area contributed by atoms with Gasteiger partial charge >= 0.3 is 0 Å². The molecule has 0 saturated heterocycles. The van der Waals surface area contributed by atoms with Crippen molar-refractivity contribution in [1.29, 1.82) is 0 Å². The van der Waals surface area contributed by atoms with Crippen LogP contribution in [0.4, 0.5) is 0 Å². The summed E-state index contributed by atoms with van der Waals surface area (Å²) in [6.07, 6.45) is 2.63. The monoisotopic (exact) mass is 266 g/mol. The smallest absolute Gasteiger partial charge is 0.0363 e. The number of hydrogen-bond donors (Lipinski definition) is 1. The van der Waals surface area contributed by atoms with E-state index in [1.54, 1.807) is 0 Å². The molecule has 1 aliphatic rings. The van der Waals surface area contributed by atoms with Crippen molar-refractivity contribution in [3.8, 4) is 0 Å². The van der Waals surface area contributed by atoms with Crippen molar-refractivity contribution >= 4 is 11.3 Å². The van der Waals surface area contributed by atoms with E-state index in [2.05, 4.69) is 50.1 Å². The van der Waals surface area contributed by atoms with Gasteiger partial charge in [-0.2, -0.15) is 0 Å². The van der Waals surface area contributed by atoms with Gasteiger partial charge in [-0.05, 0) is 50.5 Å². The van der Waals surface area contributed by atoms with Gasteiger partial charge in [0, 0.05) is 29.5 Å². The van der Waals surface area contributed by atoms with Gasteiger partial charge in [0.25, 0.3) is 0 Å². The zero-order chi connectivity index (χ0) is 13.4. The van der Waals surface area contributed by atoms with E-state index in [-0.39, 0.29) is 5.54 Å². The van der Waals surface area contributed by atoms with Crippen molar-refractivity contribution in [2.24, 2.45) is 11.1 Å². The van der Waals surface area contributed by atoms with Crippen LogP contribution in [0.25, 0.3) is 0 Å². The Balaban J connectivity index is 2.23. The fourth-order valence-corrected chi connectivity index (χ4v) is 3.64. The van der Waals surface area contributed by atoms with E-state index in [4.69, 9.17) is 5.73 Å². The highest BCUT2D eigenvalue weighted by molar-refractivity contribution is 7.09. The second-order valence-electron chi connectivity index (χ2n) is 6.34. The van der Waals surface area contributed by atoms with Crippen LogP contribution in [-0.4, -0.2) is 23.0 Å². The molecule has 0 bridgehead atoms. The minimum absolute atomic E-state index is 0.116. The predicted molar refractivity (Wildman–Crippen MR) is 79.8 cm³/mol. The first-order valence-corrected chi connectivity index (χ1v) is 7.80. The van der Waals surface area contributed by atoms with Crippen LogP contribution in [0.15, 0.2) is 17.5 Å². The summed E-state index contributed by atoms with van der Waals surface area (Å²) in [7, 11) is 0. The molecule has 0 aliphatic heterocycles. The lowest BCUT2D eigenvalue weighted by Crippen LogP contribution is -2.58. The van der Waals surface area contributed by atoms with Gasteiger partial charge in [0.15, 0.2) is 0 Å². The van der Waals surface area contributed by atoms with Crippen LogP contribution in [0.3, 0.4) is 0 Å². The van der Waals surface area contributed by atoms with Crippen molar-refractivity contribution in [3.05, 3.63) is 22.4 Å². The minimum Gasteiger partial charge on any atom is -0.329 e. The van der Waals surface area contributed by atoms with E-state index in [1.807, 2.05) is 11.3 Å². The second-order valence-corrected chi connectivity index (χ2v) is 7.37. The molecule has 2 N–H and O–H groups in total. The summed E-state index contributed by atoms with van der Waals surface area (Å²) in [5.41, 5.74) is 6.68. The van der Waals surface area contributed by atoms with Crippen LogP contribution in [0.5, 0.6) is 0 Å². The van der Waals surface area contributed by atoms with Crippen LogP contribution in [0.2, 0.25) is 0 Å². The third-order valence-electron chi connectivity index (χ3n) is 4.86. The average Bonchev–Trinajstić information content (AvgIpc) is 2.90. The number of hydrogen-bond acceptors (Lipinski definition) is 3. The SMILES string of the molecule is CC(C)N(Cc1cccs1)C(C)(CN)C1(C)CC1. The van der Waals surface area contributed by atoms with Crippen molar-refractivity contribution < 1.29 is 0 Å². The summed E-state index contributed by atoms with van der Waals surface area (Å²) in [6, 6.07) is 4.89. The maximum atomic E-state index is 6.16. The first kappa shape index (κ1) is 14.0. The topological polar surface area (TPSA) is 29.3 Å². The highest BCUT2D eigenvalue weighted by atomic mass is 32.1. The lowest BCUT2D eigenvalue weighted by Gasteiger charge is -2.48. The molecule has 2 rings (SSSR count). The van der Waals surface area contributed by atoms with Gasteiger partial charge < -0.3 is 5.73 Å². The molecule has 0 spiro atoms. The van der Waals surface area contributed by atoms with E-state index < -0.39 is 0 Å². The Hall–Kier alpha value is -0.380. The molecule has 0 aromatic carbocycles. The Bertz CT molecular complexity index is 381. The van der Waals surface area contributed by atoms with Crippen molar-refractivity contribution in [3.63, 3.8) is 0 Å². The molecule has 1 unspecified atom stereocenters. The van der Waals surface area contributed by atoms with E-state index in [0.717, 1.165) is 13.1 Å². The van der Waals surface area contributed by atoms with Crippen LogP contribution < -0.4 is 5.73 Å². The van der Waals surface area contributed by atoms with Gasteiger partial charge in [-0.25, -0.2) is 0 Å². The molecule has 1 aromatic rings.